The Morgan fingerprint density at radius 1 is 0.889 bits per heavy atom. The lowest BCUT2D eigenvalue weighted by atomic mass is 10.0. The third-order valence-electron chi connectivity index (χ3n) is 4.89. The zero-order chi connectivity index (χ0) is 18.5. The number of Topliss-reactive ketones (excluding diaryl/α,β-unsaturated/α-hetero) is 1. The van der Waals surface area contributed by atoms with E-state index in [1.807, 2.05) is 66.7 Å². The molecular weight excluding hydrogens is 338 g/mol. The molecule has 0 spiro atoms. The molecule has 1 fully saturated rings. The Labute approximate surface area is 159 Å². The summed E-state index contributed by atoms with van der Waals surface area (Å²) < 4.78 is 11.5. The van der Waals surface area contributed by atoms with E-state index in [9.17, 15) is 4.79 Å². The molecule has 0 aliphatic carbocycles. The van der Waals surface area contributed by atoms with Gasteiger partial charge in [-0.1, -0.05) is 60.7 Å². The zero-order valence-electron chi connectivity index (χ0n) is 15.3. The Balaban J connectivity index is 1.61. The molecule has 0 saturated carbocycles. The van der Waals surface area contributed by atoms with Crippen LogP contribution in [0.15, 0.2) is 71.1 Å². The van der Waals surface area contributed by atoms with Crippen molar-refractivity contribution in [3.63, 3.8) is 0 Å². The van der Waals surface area contributed by atoms with Gasteiger partial charge in [-0.3, -0.25) is 9.69 Å². The van der Waals surface area contributed by atoms with Gasteiger partial charge in [0.05, 0.1) is 18.8 Å². The van der Waals surface area contributed by atoms with E-state index in [1.54, 1.807) is 0 Å². The van der Waals surface area contributed by atoms with Crippen LogP contribution in [0, 0.1) is 0 Å². The van der Waals surface area contributed by atoms with Gasteiger partial charge in [-0.15, -0.1) is 0 Å². The molecule has 0 amide bonds. The van der Waals surface area contributed by atoms with Crippen molar-refractivity contribution < 1.29 is 13.9 Å². The van der Waals surface area contributed by atoms with Crippen molar-refractivity contribution in [3.8, 4) is 22.6 Å². The normalized spacial score (nSPS) is 15.0. The van der Waals surface area contributed by atoms with E-state index < -0.39 is 0 Å². The number of nitrogens with zero attached hydrogens (tertiary/aromatic N) is 1. The smallest absolute Gasteiger partial charge is 0.168 e. The first-order valence-electron chi connectivity index (χ1n) is 9.39. The number of hydrogen-bond donors (Lipinski definition) is 0. The summed E-state index contributed by atoms with van der Waals surface area (Å²) in [6, 6.07) is 21.6. The molecule has 0 atom stereocenters. The lowest BCUT2D eigenvalue weighted by Crippen LogP contribution is -2.37. The van der Waals surface area contributed by atoms with Crippen LogP contribution in [0.5, 0.6) is 0 Å². The van der Waals surface area contributed by atoms with Gasteiger partial charge in [-0.05, 0) is 6.07 Å². The molecule has 0 bridgehead atoms. The highest BCUT2D eigenvalue weighted by atomic mass is 16.5. The summed E-state index contributed by atoms with van der Waals surface area (Å²) in [5.41, 5.74) is 2.56. The number of hydrogen-bond acceptors (Lipinski definition) is 4. The summed E-state index contributed by atoms with van der Waals surface area (Å²) >= 11 is 0. The maximum absolute atomic E-state index is 13.0. The molecular formula is C23H23NO3. The van der Waals surface area contributed by atoms with Gasteiger partial charge in [-0.2, -0.15) is 0 Å². The Kier molecular flexibility index (Phi) is 5.47. The number of morpholine rings is 1. The summed E-state index contributed by atoms with van der Waals surface area (Å²) in [5.74, 6) is 1.50. The maximum atomic E-state index is 13.0. The van der Waals surface area contributed by atoms with Gasteiger partial charge in [0, 0.05) is 37.2 Å². The first-order chi connectivity index (χ1) is 13.3. The molecule has 3 aromatic rings. The SMILES string of the molecule is O=C(CCN1CCOCC1)c1cc(-c2ccccc2)oc1-c1ccccc1. The van der Waals surface area contributed by atoms with Crippen molar-refractivity contribution in [3.05, 3.63) is 72.3 Å². The lowest BCUT2D eigenvalue weighted by Gasteiger charge is -2.26. The van der Waals surface area contributed by atoms with Crippen molar-refractivity contribution in [1.29, 1.82) is 0 Å². The van der Waals surface area contributed by atoms with E-state index >= 15 is 0 Å². The summed E-state index contributed by atoms with van der Waals surface area (Å²) in [6.07, 6.45) is 0.480. The summed E-state index contributed by atoms with van der Waals surface area (Å²) in [5, 5.41) is 0. The van der Waals surface area contributed by atoms with Crippen molar-refractivity contribution >= 4 is 5.78 Å². The Bertz CT molecular complexity index is 881. The summed E-state index contributed by atoms with van der Waals surface area (Å²) in [4.78, 5) is 15.3. The van der Waals surface area contributed by atoms with Crippen LogP contribution < -0.4 is 0 Å². The van der Waals surface area contributed by atoms with Crippen LogP contribution in [0.3, 0.4) is 0 Å². The van der Waals surface area contributed by atoms with Gasteiger partial charge in [0.15, 0.2) is 5.78 Å². The average Bonchev–Trinajstić information content (AvgIpc) is 3.20. The molecule has 0 radical (unpaired) electrons. The first-order valence-corrected chi connectivity index (χ1v) is 9.39. The summed E-state index contributed by atoms with van der Waals surface area (Å²) in [7, 11) is 0. The molecule has 1 saturated heterocycles. The van der Waals surface area contributed by atoms with E-state index in [0.717, 1.165) is 49.7 Å². The van der Waals surface area contributed by atoms with Crippen LogP contribution in [-0.2, 0) is 4.74 Å². The van der Waals surface area contributed by atoms with Gasteiger partial charge >= 0.3 is 0 Å². The van der Waals surface area contributed by atoms with Crippen molar-refractivity contribution in [2.24, 2.45) is 0 Å². The van der Waals surface area contributed by atoms with Gasteiger partial charge in [-0.25, -0.2) is 0 Å². The Hall–Kier alpha value is -2.69. The fraction of sp³-hybridized carbons (Fsp3) is 0.261. The van der Waals surface area contributed by atoms with Crippen LogP contribution in [0.2, 0.25) is 0 Å². The second-order valence-corrected chi connectivity index (χ2v) is 6.71. The van der Waals surface area contributed by atoms with Crippen LogP contribution >= 0.6 is 0 Å². The quantitative estimate of drug-likeness (QED) is 0.606. The molecule has 1 aliphatic rings. The van der Waals surface area contributed by atoms with Gasteiger partial charge in [0.25, 0.3) is 0 Å². The van der Waals surface area contributed by atoms with Crippen LogP contribution in [0.4, 0.5) is 0 Å². The van der Waals surface area contributed by atoms with Crippen LogP contribution in [0.1, 0.15) is 16.8 Å². The van der Waals surface area contributed by atoms with Gasteiger partial charge in [0.2, 0.25) is 0 Å². The van der Waals surface area contributed by atoms with E-state index in [0.29, 0.717) is 17.7 Å². The highest BCUT2D eigenvalue weighted by molar-refractivity contribution is 6.02. The first kappa shape index (κ1) is 17.7. The molecule has 1 aromatic heterocycles. The molecule has 4 heteroatoms. The van der Waals surface area contributed by atoms with Crippen molar-refractivity contribution in [2.45, 2.75) is 6.42 Å². The largest absolute Gasteiger partial charge is 0.455 e. The average molecular weight is 361 g/mol. The third-order valence-corrected chi connectivity index (χ3v) is 4.89. The summed E-state index contributed by atoms with van der Waals surface area (Å²) in [6.45, 7) is 4.02. The van der Waals surface area contributed by atoms with Crippen LogP contribution in [-0.4, -0.2) is 43.5 Å². The molecule has 4 rings (SSSR count). The van der Waals surface area contributed by atoms with Crippen LogP contribution in [0.25, 0.3) is 22.6 Å². The van der Waals surface area contributed by atoms with E-state index in [2.05, 4.69) is 4.90 Å². The number of ether oxygens (including phenoxy) is 1. The minimum atomic E-state index is 0.117. The number of benzene rings is 2. The molecule has 0 unspecified atom stereocenters. The molecule has 2 heterocycles. The minimum absolute atomic E-state index is 0.117. The molecule has 138 valence electrons. The van der Waals surface area contributed by atoms with E-state index in [1.165, 1.54) is 0 Å². The topological polar surface area (TPSA) is 42.7 Å². The second-order valence-electron chi connectivity index (χ2n) is 6.71. The maximum Gasteiger partial charge on any atom is 0.168 e. The number of rotatable bonds is 6. The number of carbonyl (C=O) groups excluding carboxylic acids is 1. The molecule has 0 N–H and O–H groups in total. The zero-order valence-corrected chi connectivity index (χ0v) is 15.3. The molecule has 27 heavy (non-hydrogen) atoms. The van der Waals surface area contributed by atoms with Gasteiger partial charge in [0.1, 0.15) is 11.5 Å². The molecule has 4 nitrogen and oxygen atoms in total. The fourth-order valence-corrected chi connectivity index (χ4v) is 3.37. The Morgan fingerprint density at radius 2 is 1.52 bits per heavy atom. The molecule has 1 aliphatic heterocycles. The predicted octanol–water partition coefficient (Wildman–Crippen LogP) is 4.52. The fourth-order valence-electron chi connectivity index (χ4n) is 3.37. The third kappa shape index (κ3) is 4.18. The van der Waals surface area contributed by atoms with Gasteiger partial charge < -0.3 is 9.15 Å². The van der Waals surface area contributed by atoms with Crippen molar-refractivity contribution in [1.82, 2.24) is 4.90 Å². The number of ketones is 1. The number of furan rings is 1. The second kappa shape index (κ2) is 8.33. The highest BCUT2D eigenvalue weighted by Crippen LogP contribution is 2.33. The predicted molar refractivity (Wildman–Crippen MR) is 106 cm³/mol. The Morgan fingerprint density at radius 3 is 2.19 bits per heavy atom. The number of carbonyl (C=O) groups is 1. The standard InChI is InChI=1S/C23H23NO3/c25-21(11-12-24-13-15-26-16-14-24)20-17-22(18-7-3-1-4-8-18)27-23(20)19-9-5-2-6-10-19/h1-10,17H,11-16H2. The highest BCUT2D eigenvalue weighted by Gasteiger charge is 2.21. The molecule has 2 aromatic carbocycles. The minimum Gasteiger partial charge on any atom is -0.455 e. The van der Waals surface area contributed by atoms with E-state index in [-0.39, 0.29) is 5.78 Å². The monoisotopic (exact) mass is 361 g/mol. The van der Waals surface area contributed by atoms with E-state index in [4.69, 9.17) is 9.15 Å². The van der Waals surface area contributed by atoms with Crippen molar-refractivity contribution in [2.75, 3.05) is 32.8 Å². The lowest BCUT2D eigenvalue weighted by molar-refractivity contribution is 0.0370.